The second kappa shape index (κ2) is 8.95. The van der Waals surface area contributed by atoms with Gasteiger partial charge in [0.1, 0.15) is 0 Å². The molecular formula is C17H25N5O. The highest BCUT2D eigenvalue weighted by molar-refractivity contribution is 5.79. The summed E-state index contributed by atoms with van der Waals surface area (Å²) in [6.07, 6.45) is 1.79. The van der Waals surface area contributed by atoms with Crippen LogP contribution in [0.15, 0.2) is 41.5 Å². The Morgan fingerprint density at radius 3 is 2.78 bits per heavy atom. The SMILES string of the molecule is CCNC(=NCc1cccc(COC)c1)NCc1ccnn1C. The van der Waals surface area contributed by atoms with Gasteiger partial charge in [0.05, 0.1) is 25.4 Å². The molecule has 2 N–H and O–H groups in total. The molecule has 0 radical (unpaired) electrons. The Kier molecular flexibility index (Phi) is 6.62. The minimum atomic E-state index is 0.621. The van der Waals surface area contributed by atoms with E-state index in [1.807, 2.05) is 23.9 Å². The van der Waals surface area contributed by atoms with Crippen molar-refractivity contribution in [2.24, 2.45) is 12.0 Å². The maximum absolute atomic E-state index is 5.17. The second-order valence-corrected chi connectivity index (χ2v) is 5.25. The van der Waals surface area contributed by atoms with E-state index >= 15 is 0 Å². The predicted molar refractivity (Wildman–Crippen MR) is 92.0 cm³/mol. The molecule has 0 atom stereocenters. The number of aliphatic imine (C=N–C) groups is 1. The Hall–Kier alpha value is -2.34. The van der Waals surface area contributed by atoms with Gasteiger partial charge in [-0.05, 0) is 24.1 Å². The summed E-state index contributed by atoms with van der Waals surface area (Å²) < 4.78 is 7.02. The van der Waals surface area contributed by atoms with Crippen molar-refractivity contribution < 1.29 is 4.74 Å². The topological polar surface area (TPSA) is 63.5 Å². The van der Waals surface area contributed by atoms with Gasteiger partial charge >= 0.3 is 0 Å². The van der Waals surface area contributed by atoms with E-state index in [1.165, 1.54) is 0 Å². The summed E-state index contributed by atoms with van der Waals surface area (Å²) in [5, 5.41) is 10.8. The van der Waals surface area contributed by atoms with Crippen LogP contribution in [-0.2, 0) is 31.5 Å². The first-order valence-electron chi connectivity index (χ1n) is 7.78. The van der Waals surface area contributed by atoms with Crippen LogP contribution in [0.5, 0.6) is 0 Å². The van der Waals surface area contributed by atoms with Crippen molar-refractivity contribution in [1.82, 2.24) is 20.4 Å². The summed E-state index contributed by atoms with van der Waals surface area (Å²) in [6, 6.07) is 10.3. The predicted octanol–water partition coefficient (Wildman–Crippen LogP) is 1.82. The number of aromatic nitrogens is 2. The Morgan fingerprint density at radius 1 is 1.26 bits per heavy atom. The molecule has 1 aromatic carbocycles. The fourth-order valence-corrected chi connectivity index (χ4v) is 2.25. The van der Waals surface area contributed by atoms with Gasteiger partial charge in [0.2, 0.25) is 0 Å². The quantitative estimate of drug-likeness (QED) is 0.604. The molecule has 0 spiro atoms. The van der Waals surface area contributed by atoms with Crippen LogP contribution in [0.1, 0.15) is 23.7 Å². The Bertz CT molecular complexity index is 635. The Morgan fingerprint density at radius 2 is 2.09 bits per heavy atom. The third-order valence-electron chi connectivity index (χ3n) is 3.43. The molecule has 0 bridgehead atoms. The molecule has 1 heterocycles. The molecule has 6 heteroatoms. The molecule has 0 aliphatic rings. The van der Waals surface area contributed by atoms with Gasteiger partial charge in [-0.15, -0.1) is 0 Å². The number of hydrogen-bond donors (Lipinski definition) is 2. The van der Waals surface area contributed by atoms with Gasteiger partial charge in [-0.2, -0.15) is 5.10 Å². The molecule has 0 saturated carbocycles. The van der Waals surface area contributed by atoms with E-state index in [0.717, 1.165) is 29.3 Å². The number of hydrogen-bond acceptors (Lipinski definition) is 3. The first-order chi connectivity index (χ1) is 11.2. The molecule has 0 fully saturated rings. The van der Waals surface area contributed by atoms with E-state index in [-0.39, 0.29) is 0 Å². The highest BCUT2D eigenvalue weighted by Gasteiger charge is 2.02. The molecule has 1 aromatic heterocycles. The number of rotatable bonds is 7. The van der Waals surface area contributed by atoms with Crippen LogP contribution < -0.4 is 10.6 Å². The number of guanidine groups is 1. The average Bonchev–Trinajstić information content (AvgIpc) is 2.96. The molecule has 124 valence electrons. The van der Waals surface area contributed by atoms with E-state index in [1.54, 1.807) is 13.3 Å². The molecule has 23 heavy (non-hydrogen) atoms. The van der Waals surface area contributed by atoms with E-state index in [2.05, 4.69) is 45.8 Å². The van der Waals surface area contributed by atoms with Crippen molar-refractivity contribution in [3.8, 4) is 0 Å². The van der Waals surface area contributed by atoms with Crippen molar-refractivity contribution in [3.63, 3.8) is 0 Å². The molecule has 0 saturated heterocycles. The largest absolute Gasteiger partial charge is 0.380 e. The van der Waals surface area contributed by atoms with Crippen molar-refractivity contribution in [1.29, 1.82) is 0 Å². The third kappa shape index (κ3) is 5.41. The molecule has 2 rings (SSSR count). The number of aryl methyl sites for hydroxylation is 1. The van der Waals surface area contributed by atoms with Gasteiger partial charge < -0.3 is 15.4 Å². The van der Waals surface area contributed by atoms with Crippen molar-refractivity contribution >= 4 is 5.96 Å². The first kappa shape index (κ1) is 17.0. The van der Waals surface area contributed by atoms with Gasteiger partial charge in [-0.1, -0.05) is 24.3 Å². The highest BCUT2D eigenvalue weighted by atomic mass is 16.5. The summed E-state index contributed by atoms with van der Waals surface area (Å²) in [4.78, 5) is 4.64. The van der Waals surface area contributed by atoms with Crippen LogP contribution in [0.2, 0.25) is 0 Å². The van der Waals surface area contributed by atoms with Crippen LogP contribution in [0, 0.1) is 0 Å². The number of nitrogens with zero attached hydrogens (tertiary/aromatic N) is 3. The fourth-order valence-electron chi connectivity index (χ4n) is 2.25. The van der Waals surface area contributed by atoms with E-state index in [9.17, 15) is 0 Å². The van der Waals surface area contributed by atoms with Crippen molar-refractivity contribution in [2.45, 2.75) is 26.6 Å². The maximum Gasteiger partial charge on any atom is 0.191 e. The first-order valence-corrected chi connectivity index (χ1v) is 7.78. The van der Waals surface area contributed by atoms with Crippen LogP contribution in [0.25, 0.3) is 0 Å². The molecular weight excluding hydrogens is 290 g/mol. The second-order valence-electron chi connectivity index (χ2n) is 5.25. The Labute approximate surface area is 137 Å². The van der Waals surface area contributed by atoms with Crippen LogP contribution in [0.4, 0.5) is 0 Å². The molecule has 2 aromatic rings. The van der Waals surface area contributed by atoms with Gasteiger partial charge in [-0.25, -0.2) is 4.99 Å². The van der Waals surface area contributed by atoms with Crippen molar-refractivity contribution in [2.75, 3.05) is 13.7 Å². The smallest absolute Gasteiger partial charge is 0.191 e. The molecule has 0 amide bonds. The summed E-state index contributed by atoms with van der Waals surface area (Å²) in [6.45, 7) is 4.81. The van der Waals surface area contributed by atoms with Gasteiger partial charge in [-0.3, -0.25) is 4.68 Å². The lowest BCUT2D eigenvalue weighted by atomic mass is 10.1. The molecule has 6 nitrogen and oxygen atoms in total. The summed E-state index contributed by atoms with van der Waals surface area (Å²) >= 11 is 0. The number of ether oxygens (including phenoxy) is 1. The Balaban J connectivity index is 1.97. The van der Waals surface area contributed by atoms with E-state index in [0.29, 0.717) is 19.7 Å². The van der Waals surface area contributed by atoms with Crippen LogP contribution in [-0.4, -0.2) is 29.4 Å². The average molecular weight is 315 g/mol. The number of benzene rings is 1. The summed E-state index contributed by atoms with van der Waals surface area (Å²) in [7, 11) is 3.64. The monoisotopic (exact) mass is 315 g/mol. The molecule has 0 aliphatic heterocycles. The number of nitrogens with one attached hydrogen (secondary N) is 2. The zero-order valence-electron chi connectivity index (χ0n) is 14.0. The fraction of sp³-hybridized carbons (Fsp3) is 0.412. The minimum absolute atomic E-state index is 0.621. The molecule has 0 unspecified atom stereocenters. The van der Waals surface area contributed by atoms with Crippen LogP contribution in [0.3, 0.4) is 0 Å². The summed E-state index contributed by atoms with van der Waals surface area (Å²) in [5.41, 5.74) is 3.43. The van der Waals surface area contributed by atoms with E-state index < -0.39 is 0 Å². The lowest BCUT2D eigenvalue weighted by molar-refractivity contribution is 0.185. The van der Waals surface area contributed by atoms with Gasteiger partial charge in [0.15, 0.2) is 5.96 Å². The zero-order chi connectivity index (χ0) is 16.5. The molecule has 0 aliphatic carbocycles. The van der Waals surface area contributed by atoms with Crippen LogP contribution >= 0.6 is 0 Å². The van der Waals surface area contributed by atoms with E-state index in [4.69, 9.17) is 4.74 Å². The lowest BCUT2D eigenvalue weighted by Crippen LogP contribution is -2.37. The maximum atomic E-state index is 5.17. The summed E-state index contributed by atoms with van der Waals surface area (Å²) in [5.74, 6) is 0.797. The number of methoxy groups -OCH3 is 1. The van der Waals surface area contributed by atoms with Gasteiger partial charge in [0, 0.05) is 26.9 Å². The zero-order valence-corrected chi connectivity index (χ0v) is 14.0. The lowest BCUT2D eigenvalue weighted by Gasteiger charge is -2.11. The minimum Gasteiger partial charge on any atom is -0.380 e. The normalized spacial score (nSPS) is 11.5. The third-order valence-corrected chi connectivity index (χ3v) is 3.43. The van der Waals surface area contributed by atoms with Crippen molar-refractivity contribution in [3.05, 3.63) is 53.3 Å². The standard InChI is InChI=1S/C17H25N5O/c1-4-18-17(20-12-16-8-9-21-22(16)2)19-11-14-6-5-7-15(10-14)13-23-3/h5-10H,4,11-13H2,1-3H3,(H2,18,19,20). The van der Waals surface area contributed by atoms with Gasteiger partial charge in [0.25, 0.3) is 0 Å². The highest BCUT2D eigenvalue weighted by Crippen LogP contribution is 2.07.